The van der Waals surface area contributed by atoms with Crippen LogP contribution in [0.25, 0.3) is 10.9 Å². The molecule has 0 fully saturated rings. The molecular weight excluding hydrogens is 366 g/mol. The second-order valence-corrected chi connectivity index (χ2v) is 6.87. The second kappa shape index (κ2) is 5.37. The predicted molar refractivity (Wildman–Crippen MR) is 87.6 cm³/mol. The Morgan fingerprint density at radius 2 is 2.00 bits per heavy atom. The zero-order valence-electron chi connectivity index (χ0n) is 10.8. The molecule has 1 aromatic carbocycles. The molecular formula is C16H15Br2N. The molecule has 0 saturated heterocycles. The van der Waals surface area contributed by atoms with E-state index in [-0.39, 0.29) is 0 Å². The van der Waals surface area contributed by atoms with Crippen LogP contribution in [0.15, 0.2) is 39.3 Å². The standard InChI is InChI=1S/C16H15Br2N/c1-10-13(11-5-3-2-4-6-11)9-14-15(18)7-12(17)8-16(14)19-10/h2-3,7-9,11H,4-6H2,1H3. The van der Waals surface area contributed by atoms with Gasteiger partial charge in [-0.05, 0) is 55.9 Å². The Hall–Kier alpha value is -0.670. The summed E-state index contributed by atoms with van der Waals surface area (Å²) in [7, 11) is 0. The maximum atomic E-state index is 4.79. The van der Waals surface area contributed by atoms with Crippen LogP contribution < -0.4 is 0 Å². The molecule has 1 aliphatic rings. The number of hydrogen-bond donors (Lipinski definition) is 0. The number of fused-ring (bicyclic) bond motifs is 1. The molecule has 1 heterocycles. The highest BCUT2D eigenvalue weighted by molar-refractivity contribution is 9.11. The van der Waals surface area contributed by atoms with Crippen LogP contribution in [0, 0.1) is 6.92 Å². The number of allylic oxidation sites excluding steroid dienone is 2. The van der Waals surface area contributed by atoms with E-state index in [2.05, 4.69) is 69.1 Å². The molecule has 0 bridgehead atoms. The van der Waals surface area contributed by atoms with Gasteiger partial charge in [0.15, 0.2) is 0 Å². The summed E-state index contributed by atoms with van der Waals surface area (Å²) in [5.74, 6) is 0.623. The summed E-state index contributed by atoms with van der Waals surface area (Å²) in [6, 6.07) is 6.49. The van der Waals surface area contributed by atoms with Gasteiger partial charge in [-0.2, -0.15) is 0 Å². The summed E-state index contributed by atoms with van der Waals surface area (Å²) < 4.78 is 2.17. The van der Waals surface area contributed by atoms with Crippen LogP contribution in [0.2, 0.25) is 0 Å². The van der Waals surface area contributed by atoms with Gasteiger partial charge < -0.3 is 0 Å². The minimum atomic E-state index is 0.623. The number of nitrogens with zero attached hydrogens (tertiary/aromatic N) is 1. The van der Waals surface area contributed by atoms with E-state index in [1.807, 2.05) is 0 Å². The maximum absolute atomic E-state index is 4.79. The Morgan fingerprint density at radius 3 is 2.74 bits per heavy atom. The van der Waals surface area contributed by atoms with E-state index in [1.165, 1.54) is 23.8 Å². The van der Waals surface area contributed by atoms with Gasteiger partial charge in [-0.15, -0.1) is 0 Å². The number of benzene rings is 1. The third-order valence-electron chi connectivity index (χ3n) is 3.79. The van der Waals surface area contributed by atoms with Crippen LogP contribution in [0.3, 0.4) is 0 Å². The molecule has 19 heavy (non-hydrogen) atoms. The van der Waals surface area contributed by atoms with Crippen molar-refractivity contribution in [2.75, 3.05) is 0 Å². The Balaban J connectivity index is 2.15. The van der Waals surface area contributed by atoms with Gasteiger partial charge in [0, 0.05) is 20.0 Å². The lowest BCUT2D eigenvalue weighted by Crippen LogP contribution is -2.04. The third-order valence-corrected chi connectivity index (χ3v) is 4.90. The normalized spacial score (nSPS) is 19.0. The molecule has 3 rings (SSSR count). The monoisotopic (exact) mass is 379 g/mol. The van der Waals surface area contributed by atoms with Gasteiger partial charge in [-0.1, -0.05) is 44.0 Å². The summed E-state index contributed by atoms with van der Waals surface area (Å²) in [5.41, 5.74) is 3.62. The highest BCUT2D eigenvalue weighted by atomic mass is 79.9. The number of pyridine rings is 1. The Labute approximate surface area is 130 Å². The van der Waals surface area contributed by atoms with Gasteiger partial charge in [0.25, 0.3) is 0 Å². The van der Waals surface area contributed by atoms with Crippen LogP contribution in [-0.4, -0.2) is 4.98 Å². The maximum Gasteiger partial charge on any atom is 0.0727 e. The van der Waals surface area contributed by atoms with Crippen molar-refractivity contribution in [1.82, 2.24) is 4.98 Å². The lowest BCUT2D eigenvalue weighted by atomic mass is 9.86. The molecule has 2 aromatic rings. The average Bonchev–Trinajstić information content (AvgIpc) is 2.38. The Kier molecular flexibility index (Phi) is 3.77. The van der Waals surface area contributed by atoms with E-state index in [4.69, 9.17) is 4.98 Å². The van der Waals surface area contributed by atoms with Crippen molar-refractivity contribution in [2.24, 2.45) is 0 Å². The van der Waals surface area contributed by atoms with Crippen LogP contribution in [0.5, 0.6) is 0 Å². The minimum Gasteiger partial charge on any atom is -0.253 e. The molecule has 0 spiro atoms. The highest BCUT2D eigenvalue weighted by Gasteiger charge is 2.17. The molecule has 0 aliphatic heterocycles. The van der Waals surface area contributed by atoms with E-state index >= 15 is 0 Å². The third kappa shape index (κ3) is 2.63. The molecule has 0 N–H and O–H groups in total. The van der Waals surface area contributed by atoms with Gasteiger partial charge in [0.05, 0.1) is 5.52 Å². The summed E-state index contributed by atoms with van der Waals surface area (Å²) in [4.78, 5) is 4.79. The summed E-state index contributed by atoms with van der Waals surface area (Å²) in [6.45, 7) is 2.13. The first-order valence-electron chi connectivity index (χ1n) is 6.56. The van der Waals surface area contributed by atoms with Gasteiger partial charge >= 0.3 is 0 Å². The van der Waals surface area contributed by atoms with Gasteiger partial charge in [0.1, 0.15) is 0 Å². The lowest BCUT2D eigenvalue weighted by molar-refractivity contribution is 0.612. The number of hydrogen-bond acceptors (Lipinski definition) is 1. The van der Waals surface area contributed by atoms with E-state index in [1.54, 1.807) is 0 Å². The van der Waals surface area contributed by atoms with Crippen LogP contribution in [0.4, 0.5) is 0 Å². The zero-order valence-corrected chi connectivity index (χ0v) is 14.0. The predicted octanol–water partition coefficient (Wildman–Crippen LogP) is 5.89. The number of halogens is 2. The SMILES string of the molecule is Cc1nc2cc(Br)cc(Br)c2cc1C1CC=CCC1. The largest absolute Gasteiger partial charge is 0.253 e. The van der Waals surface area contributed by atoms with Crippen LogP contribution >= 0.6 is 31.9 Å². The molecule has 0 saturated carbocycles. The molecule has 1 aromatic heterocycles. The average molecular weight is 381 g/mol. The molecule has 0 radical (unpaired) electrons. The first-order valence-corrected chi connectivity index (χ1v) is 8.15. The first-order chi connectivity index (χ1) is 9.15. The lowest BCUT2D eigenvalue weighted by Gasteiger charge is -2.20. The van der Waals surface area contributed by atoms with Gasteiger partial charge in [-0.25, -0.2) is 0 Å². The smallest absolute Gasteiger partial charge is 0.0727 e. The van der Waals surface area contributed by atoms with Gasteiger partial charge in [0.2, 0.25) is 0 Å². The molecule has 98 valence electrons. The summed E-state index contributed by atoms with van der Waals surface area (Å²) >= 11 is 7.17. The van der Waals surface area contributed by atoms with Crippen molar-refractivity contribution in [1.29, 1.82) is 0 Å². The molecule has 0 amide bonds. The summed E-state index contributed by atoms with van der Waals surface area (Å²) in [6.07, 6.45) is 8.15. The van der Waals surface area contributed by atoms with E-state index in [0.29, 0.717) is 5.92 Å². The number of rotatable bonds is 1. The number of aryl methyl sites for hydroxylation is 1. The van der Waals surface area contributed by atoms with Crippen molar-refractivity contribution >= 4 is 42.8 Å². The van der Waals surface area contributed by atoms with Gasteiger partial charge in [-0.3, -0.25) is 4.98 Å². The Bertz CT molecular complexity index is 661. The summed E-state index contributed by atoms with van der Waals surface area (Å²) in [5, 5.41) is 1.21. The van der Waals surface area contributed by atoms with Crippen molar-refractivity contribution < 1.29 is 0 Å². The fourth-order valence-corrected chi connectivity index (χ4v) is 4.12. The fraction of sp³-hybridized carbons (Fsp3) is 0.312. The van der Waals surface area contributed by atoms with E-state index in [0.717, 1.165) is 26.6 Å². The number of aromatic nitrogens is 1. The van der Waals surface area contributed by atoms with Crippen molar-refractivity contribution in [3.05, 3.63) is 50.6 Å². The van der Waals surface area contributed by atoms with E-state index < -0.39 is 0 Å². The van der Waals surface area contributed by atoms with Crippen molar-refractivity contribution in [3.8, 4) is 0 Å². The molecule has 3 heteroatoms. The second-order valence-electron chi connectivity index (χ2n) is 5.10. The molecule has 1 atom stereocenters. The molecule has 1 unspecified atom stereocenters. The molecule has 1 aliphatic carbocycles. The van der Waals surface area contributed by atoms with E-state index in [9.17, 15) is 0 Å². The highest BCUT2D eigenvalue weighted by Crippen LogP contribution is 2.35. The molecule has 1 nitrogen and oxygen atoms in total. The quantitative estimate of drug-likeness (QED) is 0.562. The zero-order chi connectivity index (χ0) is 13.4. The topological polar surface area (TPSA) is 12.9 Å². The first kappa shape index (κ1) is 13.3. The van der Waals surface area contributed by atoms with Crippen molar-refractivity contribution in [2.45, 2.75) is 32.1 Å². The minimum absolute atomic E-state index is 0.623. The Morgan fingerprint density at radius 1 is 1.16 bits per heavy atom. The fourth-order valence-electron chi connectivity index (χ4n) is 2.80. The van der Waals surface area contributed by atoms with Crippen LogP contribution in [0.1, 0.15) is 36.4 Å². The van der Waals surface area contributed by atoms with Crippen LogP contribution in [-0.2, 0) is 0 Å². The van der Waals surface area contributed by atoms with Crippen molar-refractivity contribution in [3.63, 3.8) is 0 Å².